The van der Waals surface area contributed by atoms with E-state index in [0.29, 0.717) is 11.3 Å². The van der Waals surface area contributed by atoms with Gasteiger partial charge in [-0.3, -0.25) is 10.1 Å². The number of thiophene rings is 1. The second kappa shape index (κ2) is 5.27. The van der Waals surface area contributed by atoms with Crippen molar-refractivity contribution >= 4 is 38.6 Å². The minimum absolute atomic E-state index is 0.175. The highest BCUT2D eigenvalue weighted by Crippen LogP contribution is 2.35. The summed E-state index contributed by atoms with van der Waals surface area (Å²) in [6, 6.07) is 0.886. The lowest BCUT2D eigenvalue weighted by Gasteiger charge is -2.05. The molecule has 1 heterocycles. The number of aliphatic hydroxyl groups is 1. The van der Waals surface area contributed by atoms with Crippen LogP contribution in [0.5, 0.6) is 0 Å². The molecule has 0 saturated carbocycles. The largest absolute Gasteiger partial charge is 0.392 e. The highest BCUT2D eigenvalue weighted by atomic mass is 35.5. The number of aliphatic hydroxyl groups excluding tert-OH is 1. The molecule has 0 spiro atoms. The van der Waals surface area contributed by atoms with Crippen LogP contribution >= 0.6 is 22.9 Å². The van der Waals surface area contributed by atoms with Crippen molar-refractivity contribution in [1.82, 2.24) is 4.72 Å². The summed E-state index contributed by atoms with van der Waals surface area (Å²) in [6.07, 6.45) is -0.852. The fraction of sp³-hybridized carbons (Fsp3) is 0.429. The molecule has 1 atom stereocenters. The Morgan fingerprint density at radius 3 is 2.71 bits per heavy atom. The second-order valence-corrected chi connectivity index (χ2v) is 6.83. The van der Waals surface area contributed by atoms with Gasteiger partial charge < -0.3 is 5.11 Å². The highest BCUT2D eigenvalue weighted by molar-refractivity contribution is 7.91. The maximum atomic E-state index is 11.6. The molecular weight excluding hydrogens is 292 g/mol. The minimum atomic E-state index is -3.87. The second-order valence-electron chi connectivity index (χ2n) is 3.18. The molecule has 0 aliphatic heterocycles. The van der Waals surface area contributed by atoms with Gasteiger partial charge in [0.25, 0.3) is 5.69 Å². The first-order chi connectivity index (χ1) is 7.74. The SMILES string of the molecule is CC(O)CNS(=O)(=O)c1cc([N+](=O)[O-])c(Cl)s1. The molecule has 10 heteroatoms. The van der Waals surface area contributed by atoms with Crippen molar-refractivity contribution in [2.24, 2.45) is 0 Å². The molecule has 1 aromatic heterocycles. The van der Waals surface area contributed by atoms with Gasteiger partial charge in [-0.25, -0.2) is 13.1 Å². The Kier molecular flexibility index (Phi) is 4.44. The topological polar surface area (TPSA) is 110 Å². The first-order valence-corrected chi connectivity index (χ1v) is 7.03. The van der Waals surface area contributed by atoms with Gasteiger partial charge in [0.15, 0.2) is 4.34 Å². The van der Waals surface area contributed by atoms with Crippen molar-refractivity contribution in [1.29, 1.82) is 0 Å². The molecule has 17 heavy (non-hydrogen) atoms. The van der Waals surface area contributed by atoms with Crippen LogP contribution in [0, 0.1) is 10.1 Å². The van der Waals surface area contributed by atoms with Gasteiger partial charge in [0.1, 0.15) is 4.21 Å². The molecule has 7 nitrogen and oxygen atoms in total. The van der Waals surface area contributed by atoms with Gasteiger partial charge in [-0.1, -0.05) is 11.6 Å². The van der Waals surface area contributed by atoms with E-state index in [2.05, 4.69) is 4.72 Å². The summed E-state index contributed by atoms with van der Waals surface area (Å²) in [5.41, 5.74) is -0.450. The van der Waals surface area contributed by atoms with Gasteiger partial charge in [0, 0.05) is 12.6 Å². The zero-order chi connectivity index (χ0) is 13.2. The summed E-state index contributed by atoms with van der Waals surface area (Å²) in [4.78, 5) is 9.74. The summed E-state index contributed by atoms with van der Waals surface area (Å²) < 4.78 is 24.9. The smallest absolute Gasteiger partial charge is 0.300 e. The number of sulfonamides is 1. The van der Waals surface area contributed by atoms with Crippen LogP contribution in [0.4, 0.5) is 5.69 Å². The summed E-state index contributed by atoms with van der Waals surface area (Å²) in [5.74, 6) is 0. The number of nitrogens with zero attached hydrogens (tertiary/aromatic N) is 1. The molecule has 0 bridgehead atoms. The molecular formula is C7H9ClN2O5S2. The lowest BCUT2D eigenvalue weighted by atomic mass is 10.4. The molecule has 0 radical (unpaired) electrons. The van der Waals surface area contributed by atoms with Gasteiger partial charge in [-0.15, -0.1) is 11.3 Å². The lowest BCUT2D eigenvalue weighted by Crippen LogP contribution is -2.30. The maximum absolute atomic E-state index is 11.6. The van der Waals surface area contributed by atoms with Crippen LogP contribution in [0.1, 0.15) is 6.92 Å². The van der Waals surface area contributed by atoms with Gasteiger partial charge in [-0.2, -0.15) is 0 Å². The van der Waals surface area contributed by atoms with E-state index < -0.39 is 26.7 Å². The van der Waals surface area contributed by atoms with Crippen LogP contribution in [-0.2, 0) is 10.0 Å². The van der Waals surface area contributed by atoms with Crippen LogP contribution in [0.25, 0.3) is 0 Å². The molecule has 0 amide bonds. The molecule has 1 unspecified atom stereocenters. The molecule has 0 fully saturated rings. The zero-order valence-electron chi connectivity index (χ0n) is 8.58. The molecule has 0 aliphatic rings. The number of nitro groups is 1. The summed E-state index contributed by atoms with van der Waals surface area (Å²) in [6.45, 7) is 1.23. The normalized spacial score (nSPS) is 13.6. The van der Waals surface area contributed by atoms with Crippen LogP contribution in [0.15, 0.2) is 10.3 Å². The van der Waals surface area contributed by atoms with E-state index in [1.165, 1.54) is 6.92 Å². The van der Waals surface area contributed by atoms with Crippen LogP contribution in [0.3, 0.4) is 0 Å². The summed E-state index contributed by atoms with van der Waals surface area (Å²) >= 11 is 6.14. The van der Waals surface area contributed by atoms with E-state index in [1.54, 1.807) is 0 Å². The van der Waals surface area contributed by atoms with Crippen molar-refractivity contribution in [2.75, 3.05) is 6.54 Å². The van der Waals surface area contributed by atoms with E-state index in [9.17, 15) is 18.5 Å². The standard InChI is InChI=1S/C7H9ClN2O5S2/c1-4(11)3-9-17(14,15)6-2-5(10(12)13)7(8)16-6/h2,4,9,11H,3H2,1H3. The third-order valence-corrected chi connectivity index (χ3v) is 4.91. The van der Waals surface area contributed by atoms with Gasteiger partial charge in [0.05, 0.1) is 11.0 Å². The Hall–Kier alpha value is -0.740. The fourth-order valence-corrected chi connectivity index (χ4v) is 3.73. The Morgan fingerprint density at radius 2 is 2.29 bits per heavy atom. The average Bonchev–Trinajstić information content (AvgIpc) is 2.58. The van der Waals surface area contributed by atoms with E-state index in [-0.39, 0.29) is 15.1 Å². The lowest BCUT2D eigenvalue weighted by molar-refractivity contribution is -0.384. The number of hydrogen-bond acceptors (Lipinski definition) is 6. The van der Waals surface area contributed by atoms with Gasteiger partial charge in [0.2, 0.25) is 10.0 Å². The third-order valence-electron chi connectivity index (χ3n) is 1.68. The fourth-order valence-electron chi connectivity index (χ4n) is 0.897. The van der Waals surface area contributed by atoms with Crippen LogP contribution in [0.2, 0.25) is 4.34 Å². The molecule has 0 saturated heterocycles. The molecule has 0 aromatic carbocycles. The minimum Gasteiger partial charge on any atom is -0.392 e. The van der Waals surface area contributed by atoms with E-state index >= 15 is 0 Å². The van der Waals surface area contributed by atoms with Crippen LogP contribution < -0.4 is 4.72 Å². The number of nitrogens with one attached hydrogen (secondary N) is 1. The predicted octanol–water partition coefficient (Wildman–Crippen LogP) is 0.969. The highest BCUT2D eigenvalue weighted by Gasteiger charge is 2.25. The maximum Gasteiger partial charge on any atom is 0.300 e. The van der Waals surface area contributed by atoms with Crippen molar-refractivity contribution in [3.63, 3.8) is 0 Å². The van der Waals surface area contributed by atoms with E-state index in [0.717, 1.165) is 6.07 Å². The molecule has 96 valence electrons. The van der Waals surface area contributed by atoms with Crippen molar-refractivity contribution in [3.05, 3.63) is 20.5 Å². The number of halogens is 1. The quantitative estimate of drug-likeness (QED) is 0.622. The Balaban J connectivity index is 3.00. The molecule has 0 aliphatic carbocycles. The predicted molar refractivity (Wildman–Crippen MR) is 62.9 cm³/mol. The molecule has 1 aromatic rings. The Labute approximate surface area is 106 Å². The summed E-state index contributed by atoms with van der Waals surface area (Å²) in [5, 5.41) is 19.5. The van der Waals surface area contributed by atoms with Gasteiger partial charge in [-0.05, 0) is 6.92 Å². The Morgan fingerprint density at radius 1 is 1.71 bits per heavy atom. The van der Waals surface area contributed by atoms with Crippen molar-refractivity contribution in [2.45, 2.75) is 17.2 Å². The van der Waals surface area contributed by atoms with Crippen molar-refractivity contribution < 1.29 is 18.4 Å². The van der Waals surface area contributed by atoms with E-state index in [1.807, 2.05) is 0 Å². The third kappa shape index (κ3) is 3.61. The number of hydrogen-bond donors (Lipinski definition) is 2. The van der Waals surface area contributed by atoms with E-state index in [4.69, 9.17) is 16.7 Å². The summed E-state index contributed by atoms with van der Waals surface area (Å²) in [7, 11) is -3.87. The van der Waals surface area contributed by atoms with Crippen LogP contribution in [-0.4, -0.2) is 31.1 Å². The number of rotatable bonds is 5. The first-order valence-electron chi connectivity index (χ1n) is 4.35. The molecule has 1 rings (SSSR count). The Bertz CT molecular complexity index is 524. The van der Waals surface area contributed by atoms with Gasteiger partial charge >= 0.3 is 0 Å². The monoisotopic (exact) mass is 300 g/mol. The first kappa shape index (κ1) is 14.3. The van der Waals surface area contributed by atoms with Crippen molar-refractivity contribution in [3.8, 4) is 0 Å². The zero-order valence-corrected chi connectivity index (χ0v) is 11.0. The molecule has 2 N–H and O–H groups in total. The average molecular weight is 301 g/mol.